The van der Waals surface area contributed by atoms with Crippen LogP contribution in [0.15, 0.2) is 11.5 Å². The molecular weight excluding hydrogens is 296 g/mol. The fourth-order valence-corrected chi connectivity index (χ4v) is 2.40. The lowest BCUT2D eigenvalue weighted by molar-refractivity contribution is -0.142. The van der Waals surface area contributed by atoms with E-state index < -0.39 is 12.0 Å². The number of carboxylic acids is 1. The number of ether oxygens (including phenoxy) is 1. The second-order valence-electron chi connectivity index (χ2n) is 4.64. The highest BCUT2D eigenvalue weighted by Crippen LogP contribution is 2.18. The molecule has 1 aromatic rings. The number of carboxylic acid groups (broad SMARTS) is 1. The van der Waals surface area contributed by atoms with Crippen LogP contribution in [0.25, 0.3) is 0 Å². The summed E-state index contributed by atoms with van der Waals surface area (Å²) >= 11 is 1.22. The lowest BCUT2D eigenvalue weighted by Crippen LogP contribution is -2.42. The van der Waals surface area contributed by atoms with E-state index in [1.807, 2.05) is 18.4 Å². The molecule has 1 aromatic heterocycles. The van der Waals surface area contributed by atoms with E-state index in [0.717, 1.165) is 0 Å². The minimum atomic E-state index is -1.07. The Morgan fingerprint density at radius 3 is 2.81 bits per heavy atom. The summed E-state index contributed by atoms with van der Waals surface area (Å²) in [6, 6.07) is -0.750. The molecule has 0 aliphatic carbocycles. The second kappa shape index (κ2) is 8.63. The topological polar surface area (TPSA) is 106 Å². The van der Waals surface area contributed by atoms with E-state index in [9.17, 15) is 9.59 Å². The Labute approximate surface area is 127 Å². The Morgan fingerprint density at radius 2 is 2.24 bits per heavy atom. The molecule has 0 spiro atoms. The molecule has 0 saturated heterocycles. The Bertz CT molecular complexity index is 478. The molecule has 0 aliphatic rings. The Morgan fingerprint density at radius 1 is 1.52 bits per heavy atom. The summed E-state index contributed by atoms with van der Waals surface area (Å²) in [5, 5.41) is 19.8. The first kappa shape index (κ1) is 17.4. The van der Waals surface area contributed by atoms with Crippen molar-refractivity contribution in [3.8, 4) is 0 Å². The number of amides is 1. The third-order valence-electron chi connectivity index (χ3n) is 2.67. The number of aliphatic carboxylic acids is 1. The number of carbonyl (C=O) groups excluding carboxylic acids is 1. The van der Waals surface area contributed by atoms with Gasteiger partial charge in [-0.2, -0.15) is 0 Å². The standard InChI is InChI=1S/C12H20N4O4S/c1-8(2)16-7-13-15-12(16)21-6-10(17)14-9(11(18)19)4-5-20-3/h7-9H,4-6H2,1-3H3,(H,14,17)(H,18,19). The first-order chi connectivity index (χ1) is 9.95. The molecule has 0 radical (unpaired) electrons. The van der Waals surface area contributed by atoms with Crippen molar-refractivity contribution in [3.05, 3.63) is 6.33 Å². The summed E-state index contributed by atoms with van der Waals surface area (Å²) in [5.74, 6) is -1.35. The predicted octanol–water partition coefficient (Wildman–Crippen LogP) is 0.557. The van der Waals surface area contributed by atoms with E-state index in [2.05, 4.69) is 15.5 Å². The van der Waals surface area contributed by atoms with Gasteiger partial charge in [-0.25, -0.2) is 4.79 Å². The van der Waals surface area contributed by atoms with Crippen molar-refractivity contribution in [1.82, 2.24) is 20.1 Å². The number of nitrogens with one attached hydrogen (secondary N) is 1. The maximum absolute atomic E-state index is 11.8. The molecule has 8 nitrogen and oxygen atoms in total. The van der Waals surface area contributed by atoms with Gasteiger partial charge in [-0.3, -0.25) is 4.79 Å². The van der Waals surface area contributed by atoms with E-state index in [1.54, 1.807) is 6.33 Å². The van der Waals surface area contributed by atoms with Crippen LogP contribution in [0.3, 0.4) is 0 Å². The van der Waals surface area contributed by atoms with Gasteiger partial charge in [0.15, 0.2) is 5.16 Å². The van der Waals surface area contributed by atoms with Crippen molar-refractivity contribution in [2.45, 2.75) is 37.5 Å². The van der Waals surface area contributed by atoms with Crippen molar-refractivity contribution in [2.24, 2.45) is 0 Å². The zero-order valence-electron chi connectivity index (χ0n) is 12.3. The summed E-state index contributed by atoms with van der Waals surface area (Å²) in [6.07, 6.45) is 1.83. The van der Waals surface area contributed by atoms with E-state index >= 15 is 0 Å². The molecule has 9 heteroatoms. The van der Waals surface area contributed by atoms with Crippen molar-refractivity contribution in [1.29, 1.82) is 0 Å². The highest BCUT2D eigenvalue weighted by atomic mass is 32.2. The van der Waals surface area contributed by atoms with Crippen LogP contribution in [-0.4, -0.2) is 57.3 Å². The van der Waals surface area contributed by atoms with Gasteiger partial charge in [-0.1, -0.05) is 11.8 Å². The van der Waals surface area contributed by atoms with Gasteiger partial charge in [0.05, 0.1) is 5.75 Å². The number of carbonyl (C=O) groups is 2. The maximum Gasteiger partial charge on any atom is 0.326 e. The molecule has 118 valence electrons. The first-order valence-corrected chi connectivity index (χ1v) is 7.47. The lowest BCUT2D eigenvalue weighted by atomic mass is 10.2. The molecule has 0 aromatic carbocycles. The van der Waals surface area contributed by atoms with Crippen LogP contribution < -0.4 is 5.32 Å². The fourth-order valence-electron chi connectivity index (χ4n) is 1.55. The van der Waals surface area contributed by atoms with Gasteiger partial charge < -0.3 is 19.7 Å². The monoisotopic (exact) mass is 316 g/mol. The Hall–Kier alpha value is -1.61. The molecular formula is C12H20N4O4S. The molecule has 1 amide bonds. The van der Waals surface area contributed by atoms with Gasteiger partial charge in [-0.15, -0.1) is 10.2 Å². The minimum absolute atomic E-state index is 0.0855. The van der Waals surface area contributed by atoms with Crippen molar-refractivity contribution in [2.75, 3.05) is 19.5 Å². The zero-order valence-corrected chi connectivity index (χ0v) is 13.1. The van der Waals surface area contributed by atoms with E-state index in [1.165, 1.54) is 18.9 Å². The van der Waals surface area contributed by atoms with Crippen LogP contribution in [0.2, 0.25) is 0 Å². The minimum Gasteiger partial charge on any atom is -0.480 e. The smallest absolute Gasteiger partial charge is 0.326 e. The first-order valence-electron chi connectivity index (χ1n) is 6.49. The number of rotatable bonds is 9. The molecule has 0 bridgehead atoms. The van der Waals surface area contributed by atoms with Gasteiger partial charge in [0.2, 0.25) is 5.91 Å². The van der Waals surface area contributed by atoms with Crippen LogP contribution >= 0.6 is 11.8 Å². The number of thioether (sulfide) groups is 1. The second-order valence-corrected chi connectivity index (χ2v) is 5.59. The zero-order chi connectivity index (χ0) is 15.8. The van der Waals surface area contributed by atoms with Crippen molar-refractivity contribution in [3.63, 3.8) is 0 Å². The van der Waals surface area contributed by atoms with E-state index in [-0.39, 0.29) is 30.7 Å². The summed E-state index contributed by atoms with van der Waals surface area (Å²) in [4.78, 5) is 22.8. The quantitative estimate of drug-likeness (QED) is 0.641. The number of aromatic nitrogens is 3. The third kappa shape index (κ3) is 5.72. The molecule has 21 heavy (non-hydrogen) atoms. The molecule has 2 N–H and O–H groups in total. The van der Waals surface area contributed by atoms with Crippen LogP contribution in [0, 0.1) is 0 Å². The van der Waals surface area contributed by atoms with Crippen LogP contribution in [-0.2, 0) is 14.3 Å². The van der Waals surface area contributed by atoms with Gasteiger partial charge in [0.25, 0.3) is 0 Å². The third-order valence-corrected chi connectivity index (χ3v) is 3.63. The normalized spacial score (nSPS) is 12.4. The number of methoxy groups -OCH3 is 1. The summed E-state index contributed by atoms with van der Waals surface area (Å²) in [7, 11) is 1.48. The van der Waals surface area contributed by atoms with Crippen LogP contribution in [0.1, 0.15) is 26.3 Å². The summed E-state index contributed by atoms with van der Waals surface area (Å²) in [6.45, 7) is 4.24. The Kier molecular flexibility index (Phi) is 7.17. The molecule has 0 saturated carbocycles. The van der Waals surface area contributed by atoms with Crippen LogP contribution in [0.5, 0.6) is 0 Å². The number of nitrogens with zero attached hydrogens (tertiary/aromatic N) is 3. The molecule has 1 unspecified atom stereocenters. The van der Waals surface area contributed by atoms with Gasteiger partial charge >= 0.3 is 5.97 Å². The van der Waals surface area contributed by atoms with Gasteiger partial charge in [-0.05, 0) is 13.8 Å². The molecule has 1 atom stereocenters. The number of hydrogen-bond donors (Lipinski definition) is 2. The van der Waals surface area contributed by atoms with Crippen molar-refractivity contribution >= 4 is 23.6 Å². The van der Waals surface area contributed by atoms with Crippen LogP contribution in [0.4, 0.5) is 0 Å². The van der Waals surface area contributed by atoms with Gasteiger partial charge in [0, 0.05) is 26.2 Å². The Balaban J connectivity index is 2.49. The SMILES string of the molecule is COCCC(NC(=O)CSc1nncn1C(C)C)C(=O)O. The van der Waals surface area contributed by atoms with Gasteiger partial charge in [0.1, 0.15) is 12.4 Å². The predicted molar refractivity (Wildman–Crippen MR) is 77.2 cm³/mol. The number of hydrogen-bond acceptors (Lipinski definition) is 6. The highest BCUT2D eigenvalue weighted by molar-refractivity contribution is 7.99. The lowest BCUT2D eigenvalue weighted by Gasteiger charge is -2.14. The van der Waals surface area contributed by atoms with Crippen molar-refractivity contribution < 1.29 is 19.4 Å². The summed E-state index contributed by atoms with van der Waals surface area (Å²) < 4.78 is 6.67. The highest BCUT2D eigenvalue weighted by Gasteiger charge is 2.20. The van der Waals surface area contributed by atoms with E-state index in [0.29, 0.717) is 5.16 Å². The largest absolute Gasteiger partial charge is 0.480 e. The van der Waals surface area contributed by atoms with E-state index in [4.69, 9.17) is 9.84 Å². The molecule has 0 aliphatic heterocycles. The summed E-state index contributed by atoms with van der Waals surface area (Å²) in [5.41, 5.74) is 0. The molecule has 1 heterocycles. The average molecular weight is 316 g/mol. The molecule has 0 fully saturated rings. The molecule has 1 rings (SSSR count). The maximum atomic E-state index is 11.8. The average Bonchev–Trinajstić information content (AvgIpc) is 2.89. The fraction of sp³-hybridized carbons (Fsp3) is 0.667.